The molecule has 2 atom stereocenters. The first kappa shape index (κ1) is 15.4. The molecule has 1 fully saturated rings. The van der Waals surface area contributed by atoms with E-state index in [2.05, 4.69) is 0 Å². The zero-order valence-corrected chi connectivity index (χ0v) is 12.7. The lowest BCUT2D eigenvalue weighted by molar-refractivity contribution is -0.145. The van der Waals surface area contributed by atoms with Crippen LogP contribution in [-0.4, -0.2) is 41.6 Å². The minimum atomic E-state index is -0.922. The van der Waals surface area contributed by atoms with Crippen molar-refractivity contribution in [3.8, 4) is 0 Å². The van der Waals surface area contributed by atoms with Gasteiger partial charge in [-0.15, -0.1) is 0 Å². The number of carboxylic acid groups (broad SMARTS) is 1. The second-order valence-electron chi connectivity index (χ2n) is 5.72. The number of carboxylic acids is 1. The maximum atomic E-state index is 12.7. The molecule has 0 radical (unpaired) electrons. The smallest absolute Gasteiger partial charge is 0.326 e. The van der Waals surface area contributed by atoms with Crippen LogP contribution >= 0.6 is 0 Å². The van der Waals surface area contributed by atoms with Gasteiger partial charge in [0.1, 0.15) is 6.04 Å². The van der Waals surface area contributed by atoms with E-state index in [0.717, 1.165) is 24.1 Å². The Morgan fingerprint density at radius 3 is 2.62 bits per heavy atom. The lowest BCUT2D eigenvalue weighted by atomic mass is 9.91. The predicted octanol–water partition coefficient (Wildman–Crippen LogP) is 2.74. The second kappa shape index (κ2) is 6.16. The van der Waals surface area contributed by atoms with Crippen LogP contribution in [0.3, 0.4) is 0 Å². The highest BCUT2D eigenvalue weighted by molar-refractivity contribution is 5.94. The number of rotatable bonds is 2. The van der Waals surface area contributed by atoms with Crippen molar-refractivity contribution in [2.75, 3.05) is 18.5 Å². The molecule has 21 heavy (non-hydrogen) atoms. The number of likely N-dealkylation sites (tertiary alicyclic amines) is 1. The van der Waals surface area contributed by atoms with Crippen molar-refractivity contribution in [2.24, 2.45) is 5.92 Å². The molecule has 0 bridgehead atoms. The Bertz CT molecular complexity index is 544. The van der Waals surface area contributed by atoms with E-state index in [1.54, 1.807) is 11.9 Å². The summed E-state index contributed by atoms with van der Waals surface area (Å²) in [7, 11) is 1.70. The van der Waals surface area contributed by atoms with Crippen molar-refractivity contribution in [1.29, 1.82) is 0 Å². The zero-order chi connectivity index (χ0) is 15.6. The van der Waals surface area contributed by atoms with Gasteiger partial charge in [-0.2, -0.15) is 0 Å². The number of carbonyl (C=O) groups excluding carboxylic acids is 1. The Morgan fingerprint density at radius 2 is 2.00 bits per heavy atom. The van der Waals surface area contributed by atoms with Crippen molar-refractivity contribution >= 4 is 17.7 Å². The molecule has 1 aliphatic heterocycles. The number of para-hydroxylation sites is 1. The molecular weight excluding hydrogens is 268 g/mol. The van der Waals surface area contributed by atoms with Gasteiger partial charge in [0.2, 0.25) is 0 Å². The molecule has 2 amide bonds. The summed E-state index contributed by atoms with van der Waals surface area (Å²) in [6, 6.07) is 6.61. The third-order valence-corrected chi connectivity index (χ3v) is 4.20. The molecule has 2 unspecified atom stereocenters. The first-order valence-corrected chi connectivity index (χ1v) is 7.26. The fourth-order valence-electron chi connectivity index (χ4n) is 3.01. The molecule has 1 aromatic carbocycles. The summed E-state index contributed by atoms with van der Waals surface area (Å²) < 4.78 is 0. The van der Waals surface area contributed by atoms with Gasteiger partial charge in [-0.05, 0) is 37.3 Å². The molecule has 1 heterocycles. The summed E-state index contributed by atoms with van der Waals surface area (Å²) in [6.07, 6.45) is 1.69. The zero-order valence-electron chi connectivity index (χ0n) is 12.7. The van der Waals surface area contributed by atoms with E-state index in [1.807, 2.05) is 38.1 Å². The minimum absolute atomic E-state index is 0.0227. The number of urea groups is 1. The van der Waals surface area contributed by atoms with Gasteiger partial charge < -0.3 is 10.0 Å². The third-order valence-electron chi connectivity index (χ3n) is 4.20. The van der Waals surface area contributed by atoms with Crippen molar-refractivity contribution in [1.82, 2.24) is 4.90 Å². The quantitative estimate of drug-likeness (QED) is 0.911. The number of carbonyl (C=O) groups is 2. The van der Waals surface area contributed by atoms with E-state index in [-0.39, 0.29) is 11.9 Å². The topological polar surface area (TPSA) is 60.9 Å². The maximum absolute atomic E-state index is 12.7. The summed E-state index contributed by atoms with van der Waals surface area (Å²) in [6.45, 7) is 4.33. The molecule has 1 aliphatic rings. The van der Waals surface area contributed by atoms with Gasteiger partial charge in [0.05, 0.1) is 0 Å². The van der Waals surface area contributed by atoms with Gasteiger partial charge in [0, 0.05) is 19.3 Å². The van der Waals surface area contributed by atoms with E-state index in [1.165, 1.54) is 4.90 Å². The molecule has 1 aromatic rings. The number of piperidine rings is 1. The summed E-state index contributed by atoms with van der Waals surface area (Å²) in [5.74, 6) is -0.945. The molecule has 0 spiro atoms. The monoisotopic (exact) mass is 290 g/mol. The third kappa shape index (κ3) is 3.01. The Hall–Kier alpha value is -2.04. The van der Waals surface area contributed by atoms with Crippen LogP contribution in [0, 0.1) is 12.8 Å². The molecular formula is C16H22N2O3. The van der Waals surface area contributed by atoms with E-state index < -0.39 is 12.0 Å². The van der Waals surface area contributed by atoms with Gasteiger partial charge >= 0.3 is 12.0 Å². The van der Waals surface area contributed by atoms with Crippen LogP contribution in [0.15, 0.2) is 24.3 Å². The van der Waals surface area contributed by atoms with Gasteiger partial charge in [0.15, 0.2) is 0 Å². The van der Waals surface area contributed by atoms with Crippen LogP contribution < -0.4 is 4.90 Å². The molecule has 5 heteroatoms. The van der Waals surface area contributed by atoms with E-state index in [9.17, 15) is 14.7 Å². The summed E-state index contributed by atoms with van der Waals surface area (Å²) >= 11 is 0. The normalized spacial score (nSPS) is 22.0. The van der Waals surface area contributed by atoms with Crippen LogP contribution in [0.2, 0.25) is 0 Å². The van der Waals surface area contributed by atoms with Gasteiger partial charge in [0.25, 0.3) is 0 Å². The van der Waals surface area contributed by atoms with E-state index in [4.69, 9.17) is 0 Å². The number of amides is 2. The first-order valence-electron chi connectivity index (χ1n) is 7.26. The van der Waals surface area contributed by atoms with Crippen LogP contribution in [0.4, 0.5) is 10.5 Å². The average molecular weight is 290 g/mol. The fraction of sp³-hybridized carbons (Fsp3) is 0.500. The Morgan fingerprint density at radius 1 is 1.33 bits per heavy atom. The first-order chi connectivity index (χ1) is 9.93. The molecule has 1 saturated heterocycles. The van der Waals surface area contributed by atoms with Gasteiger partial charge in [-0.3, -0.25) is 4.90 Å². The standard InChI is InChI=1S/C16H22N2O3/c1-11-7-4-5-9-13(11)17(3)16(21)18-10-6-8-12(2)14(18)15(19)20/h4-5,7,9,12,14H,6,8,10H2,1-3H3,(H,19,20). The minimum Gasteiger partial charge on any atom is -0.480 e. The summed E-state index contributed by atoms with van der Waals surface area (Å²) in [5, 5.41) is 9.42. The second-order valence-corrected chi connectivity index (χ2v) is 5.72. The number of nitrogens with zero attached hydrogens (tertiary/aromatic N) is 2. The lowest BCUT2D eigenvalue weighted by Crippen LogP contribution is -2.55. The molecule has 1 N–H and O–H groups in total. The molecule has 114 valence electrons. The average Bonchev–Trinajstić information content (AvgIpc) is 2.45. The Labute approximate surface area is 125 Å². The number of aryl methyl sites for hydroxylation is 1. The number of benzene rings is 1. The van der Waals surface area contributed by atoms with E-state index in [0.29, 0.717) is 6.54 Å². The number of hydrogen-bond acceptors (Lipinski definition) is 2. The number of anilines is 1. The van der Waals surface area contributed by atoms with Gasteiger partial charge in [-0.25, -0.2) is 9.59 Å². The highest BCUT2D eigenvalue weighted by Crippen LogP contribution is 2.26. The Kier molecular flexibility index (Phi) is 4.50. The van der Waals surface area contributed by atoms with Gasteiger partial charge in [-0.1, -0.05) is 25.1 Å². The number of aliphatic carboxylic acids is 1. The molecule has 0 aromatic heterocycles. The number of hydrogen-bond donors (Lipinski definition) is 1. The summed E-state index contributed by atoms with van der Waals surface area (Å²) in [4.78, 5) is 27.2. The molecule has 5 nitrogen and oxygen atoms in total. The van der Waals surface area contributed by atoms with Crippen LogP contribution in [0.1, 0.15) is 25.3 Å². The highest BCUT2D eigenvalue weighted by Gasteiger charge is 2.38. The van der Waals surface area contributed by atoms with Crippen molar-refractivity contribution in [3.63, 3.8) is 0 Å². The molecule has 2 rings (SSSR count). The van der Waals surface area contributed by atoms with Crippen molar-refractivity contribution in [3.05, 3.63) is 29.8 Å². The lowest BCUT2D eigenvalue weighted by Gasteiger charge is -2.39. The molecule has 0 aliphatic carbocycles. The van der Waals surface area contributed by atoms with Crippen LogP contribution in [-0.2, 0) is 4.79 Å². The van der Waals surface area contributed by atoms with Crippen LogP contribution in [0.25, 0.3) is 0 Å². The highest BCUT2D eigenvalue weighted by atomic mass is 16.4. The SMILES string of the molecule is Cc1ccccc1N(C)C(=O)N1CCCC(C)C1C(=O)O. The predicted molar refractivity (Wildman–Crippen MR) is 81.5 cm³/mol. The van der Waals surface area contributed by atoms with E-state index >= 15 is 0 Å². The largest absolute Gasteiger partial charge is 0.480 e. The maximum Gasteiger partial charge on any atom is 0.326 e. The van der Waals surface area contributed by atoms with Crippen LogP contribution in [0.5, 0.6) is 0 Å². The van der Waals surface area contributed by atoms with Crippen molar-refractivity contribution in [2.45, 2.75) is 32.7 Å². The molecule has 0 saturated carbocycles. The summed E-state index contributed by atoms with van der Waals surface area (Å²) in [5.41, 5.74) is 1.80. The van der Waals surface area contributed by atoms with Crippen molar-refractivity contribution < 1.29 is 14.7 Å². The fourth-order valence-corrected chi connectivity index (χ4v) is 3.01. The Balaban J connectivity index is 2.25.